The Morgan fingerprint density at radius 1 is 0.369 bits per heavy atom. The Kier molecular flexibility index (Phi) is 7.83. The Morgan fingerprint density at radius 2 is 0.908 bits per heavy atom. The van der Waals surface area contributed by atoms with Crippen LogP contribution in [0.5, 0.6) is 0 Å². The first-order valence-electron chi connectivity index (χ1n) is 22.6. The van der Waals surface area contributed by atoms with Crippen LogP contribution >= 0.6 is 23.1 Å². The predicted molar refractivity (Wildman–Crippen MR) is 276 cm³/mol. The van der Waals surface area contributed by atoms with Crippen molar-refractivity contribution in [2.45, 2.75) is 34.5 Å². The quantitative estimate of drug-likeness (QED) is 0.173. The van der Waals surface area contributed by atoms with E-state index >= 15 is 0 Å². The van der Waals surface area contributed by atoms with Crippen molar-refractivity contribution >= 4 is 71.1 Å². The number of nitrogens with zero attached hydrogens (tertiary/aromatic N) is 1. The van der Waals surface area contributed by atoms with Gasteiger partial charge in [0.05, 0.1) is 11.1 Å². The van der Waals surface area contributed by atoms with E-state index in [0.717, 1.165) is 17.1 Å². The molecule has 2 heterocycles. The maximum absolute atomic E-state index is 2.58. The van der Waals surface area contributed by atoms with Crippen LogP contribution in [-0.4, -0.2) is 0 Å². The molecule has 0 unspecified atom stereocenters. The van der Waals surface area contributed by atoms with Gasteiger partial charge in [0.15, 0.2) is 0 Å². The van der Waals surface area contributed by atoms with E-state index in [9.17, 15) is 0 Å². The lowest BCUT2D eigenvalue weighted by Crippen LogP contribution is -2.32. The highest BCUT2D eigenvalue weighted by atomic mass is 32.2. The molecule has 2 aliphatic carbocycles. The molecule has 0 fully saturated rings. The topological polar surface area (TPSA) is 3.24 Å². The van der Waals surface area contributed by atoms with Crippen molar-refractivity contribution in [1.29, 1.82) is 0 Å². The molecule has 3 heteroatoms. The first-order chi connectivity index (χ1) is 32.0. The first-order valence-corrected chi connectivity index (χ1v) is 24.2. The summed E-state index contributed by atoms with van der Waals surface area (Å²) in [7, 11) is 0. The molecule has 0 saturated heterocycles. The van der Waals surface area contributed by atoms with Gasteiger partial charge in [-0.15, -0.1) is 11.3 Å². The van der Waals surface area contributed by atoms with Crippen molar-refractivity contribution in [3.63, 3.8) is 0 Å². The minimum Gasteiger partial charge on any atom is -0.310 e. The van der Waals surface area contributed by atoms with E-state index in [0.29, 0.717) is 0 Å². The van der Waals surface area contributed by atoms with Gasteiger partial charge in [0.2, 0.25) is 0 Å². The van der Waals surface area contributed by atoms with Crippen LogP contribution in [0.4, 0.5) is 17.1 Å². The van der Waals surface area contributed by atoms with Gasteiger partial charge in [-0.1, -0.05) is 177 Å². The zero-order valence-electron chi connectivity index (χ0n) is 36.0. The van der Waals surface area contributed by atoms with Gasteiger partial charge in [0.1, 0.15) is 0 Å². The Labute approximate surface area is 387 Å². The molecule has 11 aromatic rings. The van der Waals surface area contributed by atoms with Crippen LogP contribution in [0, 0.1) is 0 Å². The smallest absolute Gasteiger partial charge is 0.0736 e. The van der Waals surface area contributed by atoms with Crippen LogP contribution in [0.25, 0.3) is 64.3 Å². The fourth-order valence-electron chi connectivity index (χ4n) is 11.9. The Bertz CT molecular complexity index is 3770. The monoisotopic (exact) mass is 863 g/mol. The lowest BCUT2D eigenvalue weighted by atomic mass is 9.67. The summed E-state index contributed by atoms with van der Waals surface area (Å²) in [5.41, 5.74) is 18.6. The molecule has 65 heavy (non-hydrogen) atoms. The van der Waals surface area contributed by atoms with E-state index < -0.39 is 5.41 Å². The van der Waals surface area contributed by atoms with Crippen molar-refractivity contribution < 1.29 is 0 Å². The summed E-state index contributed by atoms with van der Waals surface area (Å²) in [6.45, 7) is 4.78. The van der Waals surface area contributed by atoms with Gasteiger partial charge in [0.25, 0.3) is 0 Å². The van der Waals surface area contributed by atoms with Gasteiger partial charge in [-0.2, -0.15) is 0 Å². The van der Waals surface area contributed by atoms with Crippen LogP contribution in [0.2, 0.25) is 0 Å². The molecule has 1 spiro atoms. The van der Waals surface area contributed by atoms with Crippen LogP contribution in [0.15, 0.2) is 222 Å². The van der Waals surface area contributed by atoms with Crippen molar-refractivity contribution in [1.82, 2.24) is 0 Å². The van der Waals surface area contributed by atoms with Gasteiger partial charge >= 0.3 is 0 Å². The van der Waals surface area contributed by atoms with E-state index in [4.69, 9.17) is 0 Å². The number of hydrogen-bond donors (Lipinski definition) is 0. The molecule has 1 nitrogen and oxygen atoms in total. The summed E-state index contributed by atoms with van der Waals surface area (Å²) in [6, 6.07) is 80.5. The molecule has 0 atom stereocenters. The third-order valence-corrected chi connectivity index (χ3v) is 17.0. The van der Waals surface area contributed by atoms with Gasteiger partial charge in [0, 0.05) is 52.3 Å². The number of benzene rings is 10. The molecule has 1 aromatic heterocycles. The molecular weight excluding hydrogens is 823 g/mol. The van der Waals surface area contributed by atoms with E-state index in [1.165, 1.54) is 107 Å². The first kappa shape index (κ1) is 37.2. The van der Waals surface area contributed by atoms with Crippen LogP contribution in [0.1, 0.15) is 47.2 Å². The van der Waals surface area contributed by atoms with Crippen molar-refractivity contribution in [2.24, 2.45) is 0 Å². The molecule has 306 valence electrons. The zero-order chi connectivity index (χ0) is 43.0. The second kappa shape index (κ2) is 13.7. The minimum absolute atomic E-state index is 0.168. The average Bonchev–Trinajstić information content (AvgIpc) is 3.96. The number of hydrogen-bond acceptors (Lipinski definition) is 3. The molecule has 3 aliphatic rings. The second-order valence-corrected chi connectivity index (χ2v) is 20.5. The fraction of sp³-hybridized carbons (Fsp3) is 0.0645. The van der Waals surface area contributed by atoms with Crippen molar-refractivity contribution in [3.8, 4) is 33.4 Å². The zero-order valence-corrected chi connectivity index (χ0v) is 37.6. The van der Waals surface area contributed by atoms with Crippen molar-refractivity contribution in [3.05, 3.63) is 246 Å². The molecule has 1 aliphatic heterocycles. The molecule has 0 amide bonds. The highest BCUT2D eigenvalue weighted by Gasteiger charge is 2.50. The predicted octanol–water partition coefficient (Wildman–Crippen LogP) is 17.5. The number of anilines is 3. The maximum atomic E-state index is 2.58. The summed E-state index contributed by atoms with van der Waals surface area (Å²) in [6.07, 6.45) is 0. The van der Waals surface area contributed by atoms with E-state index in [2.05, 4.69) is 231 Å². The third kappa shape index (κ3) is 5.11. The van der Waals surface area contributed by atoms with Gasteiger partial charge in [-0.05, 0) is 133 Å². The highest BCUT2D eigenvalue weighted by molar-refractivity contribution is 7.99. The van der Waals surface area contributed by atoms with Crippen molar-refractivity contribution in [2.75, 3.05) is 4.90 Å². The summed E-state index contributed by atoms with van der Waals surface area (Å²) >= 11 is 3.78. The summed E-state index contributed by atoms with van der Waals surface area (Å²) in [5, 5.41) is 5.05. The Morgan fingerprint density at radius 3 is 1.68 bits per heavy atom. The van der Waals surface area contributed by atoms with E-state index in [1.54, 1.807) is 0 Å². The van der Waals surface area contributed by atoms with Crippen LogP contribution in [0.3, 0.4) is 0 Å². The van der Waals surface area contributed by atoms with Gasteiger partial charge in [-0.25, -0.2) is 0 Å². The minimum atomic E-state index is -0.499. The lowest BCUT2D eigenvalue weighted by molar-refractivity contribution is 0.660. The highest BCUT2D eigenvalue weighted by Crippen LogP contribution is 2.63. The summed E-state index contributed by atoms with van der Waals surface area (Å²) in [5.74, 6) is 0. The van der Waals surface area contributed by atoms with E-state index in [1.807, 2.05) is 23.1 Å². The number of fused-ring (bicyclic) bond motifs is 16. The maximum Gasteiger partial charge on any atom is 0.0736 e. The fourth-order valence-corrected chi connectivity index (χ4v) is 14.2. The second-order valence-electron chi connectivity index (χ2n) is 18.3. The molecular formula is C62H41NS2. The van der Waals surface area contributed by atoms with Gasteiger partial charge < -0.3 is 4.90 Å². The lowest BCUT2D eigenvalue weighted by Gasteiger charge is -2.40. The van der Waals surface area contributed by atoms with E-state index in [-0.39, 0.29) is 5.41 Å². The molecule has 0 N–H and O–H groups in total. The SMILES string of the molecule is CC1(C)c2ccccc2-c2ccc(N(c3ccc4c(c3)C3(c5ccccc5S4)c4ccccc4-c4ccccc43)c3cc4ccccc4cc3-c3cccc4sc5ccccc5c34)cc21. The Balaban J connectivity index is 1.09. The largest absolute Gasteiger partial charge is 0.310 e. The third-order valence-electron chi connectivity index (χ3n) is 14.7. The Hall–Kier alpha value is -7.17. The summed E-state index contributed by atoms with van der Waals surface area (Å²) < 4.78 is 2.61. The number of thiophene rings is 1. The summed E-state index contributed by atoms with van der Waals surface area (Å²) in [4.78, 5) is 5.18. The standard InChI is InChI=1S/C62H41NS2/c1-61(2)49-23-9-5-18-42(49)45-32-30-40(36-53(45)61)63(55-35-39-17-4-3-16-38(39)34-48(55)46-22-15-29-59-60(46)47-21-8-13-27-56(47)64-59)41-31-33-58-54(37-41)62(52-26-12-14-28-57(52)65-58)50-24-10-6-19-43(50)44-20-7-11-25-51(44)62/h3-37H,1-2H3. The molecule has 14 rings (SSSR count). The average molecular weight is 864 g/mol. The van der Waals surface area contributed by atoms with Crippen LogP contribution < -0.4 is 4.90 Å². The van der Waals surface area contributed by atoms with Crippen LogP contribution in [-0.2, 0) is 10.8 Å². The van der Waals surface area contributed by atoms with Gasteiger partial charge in [-0.3, -0.25) is 0 Å². The number of rotatable bonds is 4. The molecule has 0 radical (unpaired) electrons. The molecule has 0 bridgehead atoms. The molecule has 10 aromatic carbocycles. The normalized spacial score (nSPS) is 14.5. The molecule has 0 saturated carbocycles.